The Balaban J connectivity index is 1.66. The van der Waals surface area contributed by atoms with E-state index < -0.39 is 0 Å². The molecule has 0 radical (unpaired) electrons. The second-order valence-electron chi connectivity index (χ2n) is 4.83. The summed E-state index contributed by atoms with van der Waals surface area (Å²) in [4.78, 5) is 11.6. The zero-order chi connectivity index (χ0) is 13.9. The van der Waals surface area contributed by atoms with Gasteiger partial charge in [-0.3, -0.25) is 4.79 Å². The molecule has 6 heteroatoms. The number of Topliss-reactive ketones (excluding diaryl/α,β-unsaturated/α-hetero) is 1. The zero-order valence-electron chi connectivity index (χ0n) is 11.1. The van der Waals surface area contributed by atoms with Crippen molar-refractivity contribution in [1.29, 1.82) is 0 Å². The highest BCUT2D eigenvalue weighted by Gasteiger charge is 2.26. The van der Waals surface area contributed by atoms with Gasteiger partial charge in [0.25, 0.3) is 0 Å². The molecular weight excluding hydrogens is 290 g/mol. The van der Waals surface area contributed by atoms with E-state index in [0.29, 0.717) is 12.2 Å². The summed E-state index contributed by atoms with van der Waals surface area (Å²) < 4.78 is 0.861. The number of nitrogens with zero attached hydrogens (tertiary/aromatic N) is 2. The van der Waals surface area contributed by atoms with Crippen molar-refractivity contribution in [2.24, 2.45) is 0 Å². The van der Waals surface area contributed by atoms with Gasteiger partial charge < -0.3 is 5.32 Å². The quantitative estimate of drug-likeness (QED) is 0.931. The van der Waals surface area contributed by atoms with Crippen molar-refractivity contribution in [2.45, 2.75) is 35.8 Å². The number of aryl methyl sites for hydroxylation is 1. The Morgan fingerprint density at radius 2 is 2.30 bits per heavy atom. The smallest absolute Gasteiger partial charge is 0.210 e. The van der Waals surface area contributed by atoms with Gasteiger partial charge >= 0.3 is 0 Å². The van der Waals surface area contributed by atoms with Gasteiger partial charge in [0.05, 0.1) is 5.25 Å². The summed E-state index contributed by atoms with van der Waals surface area (Å²) in [6.07, 6.45) is 2.68. The van der Waals surface area contributed by atoms with Crippen molar-refractivity contribution in [3.63, 3.8) is 0 Å². The van der Waals surface area contributed by atoms with Crippen LogP contribution in [0.2, 0.25) is 0 Å². The van der Waals surface area contributed by atoms with Crippen molar-refractivity contribution < 1.29 is 4.79 Å². The van der Waals surface area contributed by atoms with E-state index in [0.717, 1.165) is 28.0 Å². The summed E-state index contributed by atoms with van der Waals surface area (Å²) in [5, 5.41) is 12.4. The molecule has 1 fully saturated rings. The van der Waals surface area contributed by atoms with Crippen molar-refractivity contribution >= 4 is 39.7 Å². The molecule has 3 rings (SSSR count). The number of aromatic nitrogens is 2. The third-order valence-corrected chi connectivity index (χ3v) is 5.41. The van der Waals surface area contributed by atoms with E-state index in [2.05, 4.69) is 34.6 Å². The maximum atomic E-state index is 11.6. The SMILES string of the molecule is Cc1cccc(Nc2nnc(SC3CCCC3=O)s2)c1. The van der Waals surface area contributed by atoms with E-state index in [9.17, 15) is 4.79 Å². The van der Waals surface area contributed by atoms with Gasteiger partial charge in [0.1, 0.15) is 5.78 Å². The van der Waals surface area contributed by atoms with E-state index in [-0.39, 0.29) is 5.25 Å². The maximum Gasteiger partial charge on any atom is 0.210 e. The molecule has 0 bridgehead atoms. The van der Waals surface area contributed by atoms with Crippen molar-refractivity contribution in [3.8, 4) is 0 Å². The van der Waals surface area contributed by atoms with Gasteiger partial charge in [0.2, 0.25) is 5.13 Å². The molecule has 0 saturated heterocycles. The van der Waals surface area contributed by atoms with Crippen LogP contribution in [0.4, 0.5) is 10.8 Å². The maximum absolute atomic E-state index is 11.6. The number of carbonyl (C=O) groups is 1. The number of hydrogen-bond donors (Lipinski definition) is 1. The molecule has 1 heterocycles. The Labute approximate surface area is 126 Å². The third kappa shape index (κ3) is 3.19. The van der Waals surface area contributed by atoms with Crippen LogP contribution in [0.5, 0.6) is 0 Å². The average molecular weight is 305 g/mol. The lowest BCUT2D eigenvalue weighted by Crippen LogP contribution is -2.07. The van der Waals surface area contributed by atoms with E-state index in [1.165, 1.54) is 16.9 Å². The lowest BCUT2D eigenvalue weighted by molar-refractivity contribution is -0.116. The first kappa shape index (κ1) is 13.6. The Morgan fingerprint density at radius 3 is 3.05 bits per heavy atom. The molecule has 1 aliphatic rings. The second kappa shape index (κ2) is 5.93. The first-order valence-corrected chi connectivity index (χ1v) is 8.27. The average Bonchev–Trinajstić information content (AvgIpc) is 3.01. The number of thioether (sulfide) groups is 1. The van der Waals surface area contributed by atoms with Crippen LogP contribution < -0.4 is 5.32 Å². The number of anilines is 2. The third-order valence-electron chi connectivity index (χ3n) is 3.17. The molecule has 1 aromatic carbocycles. The first-order chi connectivity index (χ1) is 9.70. The standard InChI is InChI=1S/C14H15N3OS2/c1-9-4-2-5-10(8-9)15-13-16-17-14(20-13)19-12-7-3-6-11(12)18/h2,4-5,8,12H,3,6-7H2,1H3,(H,15,16). The van der Waals surface area contributed by atoms with Gasteiger partial charge in [-0.05, 0) is 37.5 Å². The highest BCUT2D eigenvalue weighted by Crippen LogP contribution is 2.35. The minimum absolute atomic E-state index is 0.0785. The molecule has 4 nitrogen and oxygen atoms in total. The largest absolute Gasteiger partial charge is 0.330 e. The molecule has 0 spiro atoms. The molecule has 0 aliphatic heterocycles. The van der Waals surface area contributed by atoms with Gasteiger partial charge in [-0.25, -0.2) is 0 Å². The highest BCUT2D eigenvalue weighted by atomic mass is 32.2. The highest BCUT2D eigenvalue weighted by molar-refractivity contribution is 8.02. The monoisotopic (exact) mass is 305 g/mol. The molecule has 20 heavy (non-hydrogen) atoms. The number of nitrogens with one attached hydrogen (secondary N) is 1. The number of ketones is 1. The Hall–Kier alpha value is -1.40. The summed E-state index contributed by atoms with van der Waals surface area (Å²) in [6, 6.07) is 8.13. The van der Waals surface area contributed by atoms with Crippen LogP contribution in [-0.4, -0.2) is 21.2 Å². The summed E-state index contributed by atoms with van der Waals surface area (Å²) in [5.41, 5.74) is 2.21. The van der Waals surface area contributed by atoms with E-state index in [1.54, 1.807) is 11.8 Å². The number of rotatable bonds is 4. The lowest BCUT2D eigenvalue weighted by atomic mass is 10.2. The minimum Gasteiger partial charge on any atom is -0.330 e. The number of carbonyl (C=O) groups excluding carboxylic acids is 1. The molecule has 1 N–H and O–H groups in total. The predicted molar refractivity (Wildman–Crippen MR) is 82.9 cm³/mol. The second-order valence-corrected chi connectivity index (χ2v) is 7.26. The summed E-state index contributed by atoms with van der Waals surface area (Å²) in [5.74, 6) is 0.346. The van der Waals surface area contributed by atoms with Crippen molar-refractivity contribution in [2.75, 3.05) is 5.32 Å². The molecule has 1 atom stereocenters. The predicted octanol–water partition coefficient (Wildman–Crippen LogP) is 3.80. The van der Waals surface area contributed by atoms with Crippen LogP contribution in [0, 0.1) is 6.92 Å². The summed E-state index contributed by atoms with van der Waals surface area (Å²) >= 11 is 3.05. The van der Waals surface area contributed by atoms with Gasteiger partial charge in [-0.15, -0.1) is 10.2 Å². The molecule has 1 aliphatic carbocycles. The summed E-state index contributed by atoms with van der Waals surface area (Å²) in [7, 11) is 0. The molecule has 1 saturated carbocycles. The fourth-order valence-electron chi connectivity index (χ4n) is 2.18. The fourth-order valence-corrected chi connectivity index (χ4v) is 4.32. The van der Waals surface area contributed by atoms with Crippen LogP contribution in [0.25, 0.3) is 0 Å². The minimum atomic E-state index is 0.0785. The Morgan fingerprint density at radius 1 is 1.40 bits per heavy atom. The van der Waals surface area contributed by atoms with Crippen LogP contribution in [0.15, 0.2) is 28.6 Å². The molecule has 1 aromatic heterocycles. The number of benzene rings is 1. The molecule has 0 amide bonds. The van der Waals surface area contributed by atoms with E-state index >= 15 is 0 Å². The van der Waals surface area contributed by atoms with Crippen LogP contribution in [0.1, 0.15) is 24.8 Å². The van der Waals surface area contributed by atoms with Crippen LogP contribution >= 0.6 is 23.1 Å². The Bertz CT molecular complexity index is 626. The lowest BCUT2D eigenvalue weighted by Gasteiger charge is -2.03. The Kier molecular flexibility index (Phi) is 4.03. The summed E-state index contributed by atoms with van der Waals surface area (Å²) in [6.45, 7) is 2.05. The molecule has 2 aromatic rings. The van der Waals surface area contributed by atoms with Crippen molar-refractivity contribution in [3.05, 3.63) is 29.8 Å². The number of hydrogen-bond acceptors (Lipinski definition) is 6. The molecular formula is C14H15N3OS2. The van der Waals surface area contributed by atoms with E-state index in [1.807, 2.05) is 12.1 Å². The van der Waals surface area contributed by atoms with Crippen molar-refractivity contribution in [1.82, 2.24) is 10.2 Å². The first-order valence-electron chi connectivity index (χ1n) is 6.57. The van der Waals surface area contributed by atoms with Gasteiger partial charge in [0, 0.05) is 12.1 Å². The van der Waals surface area contributed by atoms with Crippen LogP contribution in [0.3, 0.4) is 0 Å². The molecule has 104 valence electrons. The van der Waals surface area contributed by atoms with Gasteiger partial charge in [0.15, 0.2) is 4.34 Å². The van der Waals surface area contributed by atoms with Gasteiger partial charge in [-0.2, -0.15) is 0 Å². The molecule has 1 unspecified atom stereocenters. The van der Waals surface area contributed by atoms with E-state index in [4.69, 9.17) is 0 Å². The normalized spacial score (nSPS) is 18.4. The van der Waals surface area contributed by atoms with Crippen LogP contribution in [-0.2, 0) is 4.79 Å². The van der Waals surface area contributed by atoms with Gasteiger partial charge in [-0.1, -0.05) is 35.2 Å². The zero-order valence-corrected chi connectivity index (χ0v) is 12.8. The fraction of sp³-hybridized carbons (Fsp3) is 0.357. The topological polar surface area (TPSA) is 54.9 Å².